The predicted molar refractivity (Wildman–Crippen MR) is 142 cm³/mol. The Morgan fingerprint density at radius 2 is 1.67 bits per heavy atom. The molecule has 2 aliphatic heterocycles. The van der Waals surface area contributed by atoms with Crippen molar-refractivity contribution >= 4 is 18.3 Å². The van der Waals surface area contributed by atoms with Gasteiger partial charge in [-0.1, -0.05) is 36.4 Å². The summed E-state index contributed by atoms with van der Waals surface area (Å²) in [6.45, 7) is 7.48. The van der Waals surface area contributed by atoms with Gasteiger partial charge in [-0.25, -0.2) is 4.39 Å². The minimum absolute atomic E-state index is 0. The van der Waals surface area contributed by atoms with Crippen molar-refractivity contribution in [1.82, 2.24) is 14.7 Å². The Morgan fingerprint density at radius 1 is 0.972 bits per heavy atom. The summed E-state index contributed by atoms with van der Waals surface area (Å²) in [5.41, 5.74) is 1.19. The molecule has 2 aliphatic rings. The molecule has 0 atom stereocenters. The van der Waals surface area contributed by atoms with E-state index in [4.69, 9.17) is 4.74 Å². The van der Waals surface area contributed by atoms with Crippen molar-refractivity contribution in [1.29, 1.82) is 0 Å². The molecule has 2 heterocycles. The van der Waals surface area contributed by atoms with Gasteiger partial charge in [-0.3, -0.25) is 14.6 Å². The predicted octanol–water partition coefficient (Wildman–Crippen LogP) is 3.75. The van der Waals surface area contributed by atoms with Crippen molar-refractivity contribution in [2.75, 3.05) is 52.4 Å². The number of hydrogen-bond acceptors (Lipinski definition) is 5. The van der Waals surface area contributed by atoms with Crippen LogP contribution >= 0.6 is 12.4 Å². The van der Waals surface area contributed by atoms with Gasteiger partial charge < -0.3 is 14.7 Å². The van der Waals surface area contributed by atoms with Gasteiger partial charge in [0.05, 0.1) is 18.8 Å². The summed E-state index contributed by atoms with van der Waals surface area (Å²) in [5.74, 6) is 0.489. The number of ether oxygens (including phenoxy) is 1. The van der Waals surface area contributed by atoms with Gasteiger partial charge in [0, 0.05) is 51.4 Å². The third-order valence-electron chi connectivity index (χ3n) is 7.35. The quantitative estimate of drug-likeness (QED) is 0.547. The van der Waals surface area contributed by atoms with E-state index >= 15 is 0 Å². The van der Waals surface area contributed by atoms with Crippen molar-refractivity contribution in [3.63, 3.8) is 0 Å². The van der Waals surface area contributed by atoms with Crippen LogP contribution in [0.15, 0.2) is 48.5 Å². The lowest BCUT2D eigenvalue weighted by Gasteiger charge is -2.40. The molecule has 1 N–H and O–H groups in total. The van der Waals surface area contributed by atoms with Crippen LogP contribution in [0.3, 0.4) is 0 Å². The van der Waals surface area contributed by atoms with Gasteiger partial charge in [-0.2, -0.15) is 0 Å². The third kappa shape index (κ3) is 7.65. The van der Waals surface area contributed by atoms with Crippen molar-refractivity contribution in [2.45, 2.75) is 44.8 Å². The lowest BCUT2D eigenvalue weighted by atomic mass is 9.86. The number of piperidine rings is 1. The van der Waals surface area contributed by atoms with Crippen LogP contribution in [-0.2, 0) is 17.8 Å². The zero-order chi connectivity index (χ0) is 24.7. The Hall–Kier alpha value is -2.19. The molecule has 2 aromatic rings. The van der Waals surface area contributed by atoms with Gasteiger partial charge in [-0.15, -0.1) is 12.4 Å². The number of aliphatic hydroxyl groups is 1. The fourth-order valence-corrected chi connectivity index (χ4v) is 5.05. The van der Waals surface area contributed by atoms with Crippen LogP contribution in [0, 0.1) is 5.82 Å². The summed E-state index contributed by atoms with van der Waals surface area (Å²) in [5, 5.41) is 11.0. The molecular formula is C28H39ClFN3O3. The third-order valence-corrected chi connectivity index (χ3v) is 7.35. The molecule has 1 amide bonds. The van der Waals surface area contributed by atoms with E-state index in [-0.39, 0.29) is 24.1 Å². The van der Waals surface area contributed by atoms with E-state index in [2.05, 4.69) is 21.9 Å². The molecule has 2 saturated heterocycles. The number of halogens is 2. The van der Waals surface area contributed by atoms with E-state index in [1.165, 1.54) is 11.6 Å². The number of nitrogens with zero attached hydrogens (tertiary/aromatic N) is 3. The van der Waals surface area contributed by atoms with Gasteiger partial charge in [0.2, 0.25) is 5.91 Å². The van der Waals surface area contributed by atoms with E-state index in [9.17, 15) is 14.3 Å². The molecule has 6 nitrogen and oxygen atoms in total. The maximum atomic E-state index is 14.4. The number of hydrogen-bond donors (Lipinski definition) is 1. The lowest BCUT2D eigenvalue weighted by molar-refractivity contribution is -0.135. The first-order valence-corrected chi connectivity index (χ1v) is 12.8. The molecule has 0 bridgehead atoms. The monoisotopic (exact) mass is 519 g/mol. The highest BCUT2D eigenvalue weighted by Gasteiger charge is 2.33. The fourth-order valence-electron chi connectivity index (χ4n) is 5.05. The number of benzene rings is 2. The van der Waals surface area contributed by atoms with Crippen molar-refractivity contribution in [3.05, 3.63) is 65.5 Å². The van der Waals surface area contributed by atoms with E-state index in [0.29, 0.717) is 70.0 Å². The van der Waals surface area contributed by atoms with Crippen molar-refractivity contribution < 1.29 is 19.0 Å². The molecule has 0 unspecified atom stereocenters. The Balaban J connectivity index is 0.00000361. The minimum atomic E-state index is -0.645. The van der Waals surface area contributed by atoms with Gasteiger partial charge in [-0.05, 0) is 50.3 Å². The molecule has 0 radical (unpaired) electrons. The van der Waals surface area contributed by atoms with E-state index in [0.717, 1.165) is 25.9 Å². The maximum Gasteiger partial charge on any atom is 0.236 e. The number of amides is 1. The fraction of sp³-hybridized carbons (Fsp3) is 0.536. The first-order chi connectivity index (χ1) is 17.0. The standard InChI is InChI=1S/C28H38FN3O3.ClH/c1-2-35-26-10-6-9-25(29)24(26)21-31-17-19-32(20-18-31)27(33)22-30-15-13-28(34,14-16-30)12-11-23-7-4-3-5-8-23;/h3-10,34H,2,11-22H2,1H3;1H. The van der Waals surface area contributed by atoms with E-state index < -0.39 is 5.60 Å². The zero-order valence-corrected chi connectivity index (χ0v) is 22.0. The van der Waals surface area contributed by atoms with Crippen LogP contribution in [0.1, 0.15) is 37.3 Å². The van der Waals surface area contributed by atoms with Crippen molar-refractivity contribution in [3.8, 4) is 5.75 Å². The highest BCUT2D eigenvalue weighted by Crippen LogP contribution is 2.28. The number of piperazine rings is 1. The number of rotatable bonds is 9. The second kappa shape index (κ2) is 13.4. The molecular weight excluding hydrogens is 481 g/mol. The molecule has 2 aromatic carbocycles. The average Bonchev–Trinajstić information content (AvgIpc) is 2.88. The van der Waals surface area contributed by atoms with Gasteiger partial charge in [0.15, 0.2) is 0 Å². The Morgan fingerprint density at radius 3 is 2.33 bits per heavy atom. The molecule has 2 fully saturated rings. The van der Waals surface area contributed by atoms with Gasteiger partial charge in [0.25, 0.3) is 0 Å². The highest BCUT2D eigenvalue weighted by molar-refractivity contribution is 5.85. The molecule has 198 valence electrons. The summed E-state index contributed by atoms with van der Waals surface area (Å²) < 4.78 is 20.0. The van der Waals surface area contributed by atoms with Crippen LogP contribution < -0.4 is 4.74 Å². The number of likely N-dealkylation sites (tertiary alicyclic amines) is 1. The van der Waals surface area contributed by atoms with Crippen LogP contribution in [0.25, 0.3) is 0 Å². The van der Waals surface area contributed by atoms with Crippen LogP contribution in [0.5, 0.6) is 5.75 Å². The van der Waals surface area contributed by atoms with Crippen LogP contribution in [0.4, 0.5) is 4.39 Å². The maximum absolute atomic E-state index is 14.4. The molecule has 4 rings (SSSR count). The summed E-state index contributed by atoms with van der Waals surface area (Å²) >= 11 is 0. The molecule has 0 aliphatic carbocycles. The summed E-state index contributed by atoms with van der Waals surface area (Å²) in [7, 11) is 0. The Kier molecular flexibility index (Phi) is 10.5. The molecule has 36 heavy (non-hydrogen) atoms. The van der Waals surface area contributed by atoms with Crippen molar-refractivity contribution in [2.24, 2.45) is 0 Å². The average molecular weight is 520 g/mol. The normalized spacial score (nSPS) is 18.5. The minimum Gasteiger partial charge on any atom is -0.493 e. The second-order valence-electron chi connectivity index (χ2n) is 9.79. The molecule has 0 saturated carbocycles. The van der Waals surface area contributed by atoms with Gasteiger partial charge in [0.1, 0.15) is 11.6 Å². The lowest BCUT2D eigenvalue weighted by Crippen LogP contribution is -2.52. The topological polar surface area (TPSA) is 56.2 Å². The Bertz CT molecular complexity index is 962. The Labute approximate surface area is 220 Å². The van der Waals surface area contributed by atoms with E-state index in [1.807, 2.05) is 36.1 Å². The van der Waals surface area contributed by atoms with Crippen LogP contribution in [0.2, 0.25) is 0 Å². The molecule has 0 aromatic heterocycles. The second-order valence-corrected chi connectivity index (χ2v) is 9.79. The largest absolute Gasteiger partial charge is 0.493 e. The zero-order valence-electron chi connectivity index (χ0n) is 21.2. The van der Waals surface area contributed by atoms with E-state index in [1.54, 1.807) is 6.07 Å². The van der Waals surface area contributed by atoms with Gasteiger partial charge >= 0.3 is 0 Å². The first kappa shape index (κ1) is 28.4. The molecule has 0 spiro atoms. The smallest absolute Gasteiger partial charge is 0.236 e. The number of carbonyl (C=O) groups excluding carboxylic acids is 1. The summed E-state index contributed by atoms with van der Waals surface area (Å²) in [6.07, 6.45) is 3.03. The SMILES string of the molecule is CCOc1cccc(F)c1CN1CCN(C(=O)CN2CCC(O)(CCc3ccccc3)CC2)CC1.Cl. The number of carbonyl (C=O) groups is 1. The summed E-state index contributed by atoms with van der Waals surface area (Å²) in [6, 6.07) is 15.2. The first-order valence-electron chi connectivity index (χ1n) is 12.8. The summed E-state index contributed by atoms with van der Waals surface area (Å²) in [4.78, 5) is 19.2. The highest BCUT2D eigenvalue weighted by atomic mass is 35.5. The van der Waals surface area contributed by atoms with Crippen LogP contribution in [-0.4, -0.2) is 83.7 Å². The molecule has 8 heteroatoms. The number of aryl methyl sites for hydroxylation is 1.